The Bertz CT molecular complexity index is 602. The quantitative estimate of drug-likeness (QED) is 0.597. The van der Waals surface area contributed by atoms with Crippen LogP contribution in [0.25, 0.3) is 0 Å². The molecular weight excluding hydrogens is 298 g/mol. The molecule has 0 aliphatic rings. The third kappa shape index (κ3) is 2.80. The van der Waals surface area contributed by atoms with E-state index in [0.29, 0.717) is 32.1 Å². The van der Waals surface area contributed by atoms with Crippen LogP contribution in [0.5, 0.6) is 0 Å². The van der Waals surface area contributed by atoms with Crippen molar-refractivity contribution in [3.05, 3.63) is 51.2 Å². The van der Waals surface area contributed by atoms with E-state index in [9.17, 15) is 4.39 Å². The van der Waals surface area contributed by atoms with Crippen LogP contribution in [0.4, 0.5) is 21.5 Å². The molecule has 0 saturated heterocycles. The second-order valence-corrected chi connectivity index (χ2v) is 4.82. The molecule has 2 aromatic rings. The first kappa shape index (κ1) is 13.3. The van der Waals surface area contributed by atoms with Gasteiger partial charge >= 0.3 is 0 Å². The first-order valence-corrected chi connectivity index (χ1v) is 6.07. The minimum Gasteiger partial charge on any atom is -0.397 e. The third-order valence-corrected chi connectivity index (χ3v) is 3.33. The Morgan fingerprint density at radius 3 is 2.28 bits per heavy atom. The molecule has 0 bridgehead atoms. The van der Waals surface area contributed by atoms with Gasteiger partial charge in [-0.15, -0.1) is 0 Å². The topological polar surface area (TPSA) is 38.0 Å². The SMILES string of the molecule is Nc1ccc(F)cc1Nc1cc(Cl)c(Cl)cc1Cl. The van der Waals surface area contributed by atoms with E-state index in [0.717, 1.165) is 0 Å². The lowest BCUT2D eigenvalue weighted by Gasteiger charge is -2.12. The fourth-order valence-corrected chi connectivity index (χ4v) is 1.99. The van der Waals surface area contributed by atoms with Gasteiger partial charge in [0.2, 0.25) is 0 Å². The van der Waals surface area contributed by atoms with Gasteiger partial charge in [0.15, 0.2) is 0 Å². The predicted molar refractivity (Wildman–Crippen MR) is 75.6 cm³/mol. The molecule has 0 spiro atoms. The average Bonchev–Trinajstić information content (AvgIpc) is 2.30. The molecule has 0 fully saturated rings. The second kappa shape index (κ2) is 5.22. The molecule has 94 valence electrons. The number of benzene rings is 2. The summed E-state index contributed by atoms with van der Waals surface area (Å²) in [5.41, 5.74) is 7.04. The van der Waals surface area contributed by atoms with E-state index in [1.165, 1.54) is 24.3 Å². The standard InChI is InChI=1S/C12H8Cl3FN2/c13-7-4-9(15)11(5-8(7)14)18-12-3-6(16)1-2-10(12)17/h1-5,18H,17H2. The molecule has 0 radical (unpaired) electrons. The van der Waals surface area contributed by atoms with Gasteiger partial charge in [0, 0.05) is 0 Å². The lowest BCUT2D eigenvalue weighted by atomic mass is 10.2. The van der Waals surface area contributed by atoms with Crippen LogP contribution in [0.2, 0.25) is 15.1 Å². The first-order chi connectivity index (χ1) is 8.47. The molecule has 0 amide bonds. The van der Waals surface area contributed by atoms with E-state index in [4.69, 9.17) is 40.5 Å². The Labute approximate surface area is 118 Å². The van der Waals surface area contributed by atoms with Crippen molar-refractivity contribution in [3.8, 4) is 0 Å². The lowest BCUT2D eigenvalue weighted by molar-refractivity contribution is 0.628. The van der Waals surface area contributed by atoms with Gasteiger partial charge < -0.3 is 11.1 Å². The van der Waals surface area contributed by atoms with Gasteiger partial charge in [-0.1, -0.05) is 34.8 Å². The van der Waals surface area contributed by atoms with E-state index in [2.05, 4.69) is 5.32 Å². The normalized spacial score (nSPS) is 10.4. The van der Waals surface area contributed by atoms with E-state index in [-0.39, 0.29) is 0 Å². The molecule has 2 aromatic carbocycles. The molecule has 0 aromatic heterocycles. The Balaban J connectivity index is 2.40. The summed E-state index contributed by atoms with van der Waals surface area (Å²) in [7, 11) is 0. The first-order valence-electron chi connectivity index (χ1n) is 4.94. The van der Waals surface area contributed by atoms with Crippen molar-refractivity contribution in [2.24, 2.45) is 0 Å². The van der Waals surface area contributed by atoms with Crippen molar-refractivity contribution < 1.29 is 4.39 Å². The molecule has 0 aliphatic carbocycles. The van der Waals surface area contributed by atoms with Crippen LogP contribution < -0.4 is 11.1 Å². The highest BCUT2D eigenvalue weighted by molar-refractivity contribution is 6.44. The summed E-state index contributed by atoms with van der Waals surface area (Å²) in [5, 5.41) is 3.97. The molecule has 3 N–H and O–H groups in total. The van der Waals surface area contributed by atoms with Crippen molar-refractivity contribution >= 4 is 51.9 Å². The number of nitrogen functional groups attached to an aromatic ring is 1. The Morgan fingerprint density at radius 2 is 1.56 bits per heavy atom. The minimum atomic E-state index is -0.400. The maximum Gasteiger partial charge on any atom is 0.125 e. The van der Waals surface area contributed by atoms with Crippen LogP contribution in [-0.2, 0) is 0 Å². The summed E-state index contributed by atoms with van der Waals surface area (Å²) in [6.45, 7) is 0. The maximum absolute atomic E-state index is 13.1. The van der Waals surface area contributed by atoms with Gasteiger partial charge in [-0.05, 0) is 30.3 Å². The van der Waals surface area contributed by atoms with E-state index < -0.39 is 5.82 Å². The molecule has 0 atom stereocenters. The van der Waals surface area contributed by atoms with Gasteiger partial charge in [0.1, 0.15) is 5.82 Å². The van der Waals surface area contributed by atoms with E-state index in [1.54, 1.807) is 6.07 Å². The number of hydrogen-bond acceptors (Lipinski definition) is 2. The maximum atomic E-state index is 13.1. The van der Waals surface area contributed by atoms with Crippen molar-refractivity contribution in [2.75, 3.05) is 11.1 Å². The zero-order chi connectivity index (χ0) is 13.3. The van der Waals surface area contributed by atoms with Gasteiger partial charge in [0.25, 0.3) is 0 Å². The highest BCUT2D eigenvalue weighted by Gasteiger charge is 2.08. The van der Waals surface area contributed by atoms with Crippen molar-refractivity contribution in [1.29, 1.82) is 0 Å². The smallest absolute Gasteiger partial charge is 0.125 e. The summed E-state index contributed by atoms with van der Waals surface area (Å²) in [4.78, 5) is 0. The summed E-state index contributed by atoms with van der Waals surface area (Å²) in [6, 6.07) is 7.06. The predicted octanol–water partition coefficient (Wildman–Crippen LogP) is 5.11. The molecule has 0 saturated carbocycles. The molecule has 2 nitrogen and oxygen atoms in total. The van der Waals surface area contributed by atoms with E-state index >= 15 is 0 Å². The van der Waals surface area contributed by atoms with Crippen molar-refractivity contribution in [2.45, 2.75) is 0 Å². The summed E-state index contributed by atoms with van der Waals surface area (Å²) in [5.74, 6) is -0.400. The molecule has 18 heavy (non-hydrogen) atoms. The number of rotatable bonds is 2. The average molecular weight is 306 g/mol. The molecule has 2 rings (SSSR count). The zero-order valence-electron chi connectivity index (χ0n) is 8.98. The summed E-state index contributed by atoms with van der Waals surface area (Å²) < 4.78 is 13.1. The van der Waals surface area contributed by atoms with Gasteiger partial charge in [-0.25, -0.2) is 4.39 Å². The lowest BCUT2D eigenvalue weighted by Crippen LogP contribution is -1.97. The van der Waals surface area contributed by atoms with Crippen LogP contribution in [0, 0.1) is 5.82 Å². The number of halogens is 4. The van der Waals surface area contributed by atoms with Gasteiger partial charge in [-0.3, -0.25) is 0 Å². The second-order valence-electron chi connectivity index (χ2n) is 3.60. The van der Waals surface area contributed by atoms with Crippen LogP contribution in [0.3, 0.4) is 0 Å². The molecule has 6 heteroatoms. The Morgan fingerprint density at radius 1 is 0.889 bits per heavy atom. The zero-order valence-corrected chi connectivity index (χ0v) is 11.2. The third-order valence-electron chi connectivity index (χ3n) is 2.29. The summed E-state index contributed by atoms with van der Waals surface area (Å²) in [6.07, 6.45) is 0. The molecule has 0 heterocycles. The molecular formula is C12H8Cl3FN2. The Hall–Kier alpha value is -1.16. The fourth-order valence-electron chi connectivity index (χ4n) is 1.40. The Kier molecular flexibility index (Phi) is 3.85. The molecule has 0 unspecified atom stereocenters. The highest BCUT2D eigenvalue weighted by Crippen LogP contribution is 2.35. The van der Waals surface area contributed by atoms with Gasteiger partial charge in [0.05, 0.1) is 32.1 Å². The number of nitrogens with two attached hydrogens (primary N) is 1. The summed E-state index contributed by atoms with van der Waals surface area (Å²) >= 11 is 17.7. The molecule has 0 aliphatic heterocycles. The van der Waals surface area contributed by atoms with Crippen LogP contribution in [0.1, 0.15) is 0 Å². The number of nitrogens with one attached hydrogen (secondary N) is 1. The number of anilines is 3. The minimum absolute atomic E-state index is 0.346. The van der Waals surface area contributed by atoms with Crippen molar-refractivity contribution in [3.63, 3.8) is 0 Å². The van der Waals surface area contributed by atoms with Crippen LogP contribution >= 0.6 is 34.8 Å². The van der Waals surface area contributed by atoms with E-state index in [1.807, 2.05) is 0 Å². The van der Waals surface area contributed by atoms with Crippen LogP contribution in [0.15, 0.2) is 30.3 Å². The highest BCUT2D eigenvalue weighted by atomic mass is 35.5. The fraction of sp³-hybridized carbons (Fsp3) is 0. The van der Waals surface area contributed by atoms with Crippen molar-refractivity contribution in [1.82, 2.24) is 0 Å². The number of hydrogen-bond donors (Lipinski definition) is 2. The van der Waals surface area contributed by atoms with Crippen LogP contribution in [-0.4, -0.2) is 0 Å². The largest absolute Gasteiger partial charge is 0.397 e. The van der Waals surface area contributed by atoms with Gasteiger partial charge in [-0.2, -0.15) is 0 Å². The monoisotopic (exact) mass is 304 g/mol.